The molecule has 0 bridgehead atoms. The van der Waals surface area contributed by atoms with Crippen LogP contribution in [0.2, 0.25) is 0 Å². The maximum absolute atomic E-state index is 14.4. The van der Waals surface area contributed by atoms with Crippen LogP contribution in [0.5, 0.6) is 0 Å². The molecule has 0 amide bonds. The zero-order valence-corrected chi connectivity index (χ0v) is 19.2. The number of allylic oxidation sites excluding steroid dienone is 1. The van der Waals surface area contributed by atoms with Crippen LogP contribution in [0.4, 0.5) is 10.1 Å². The Morgan fingerprint density at radius 3 is 2.53 bits per heavy atom. The van der Waals surface area contributed by atoms with Gasteiger partial charge < -0.3 is 4.74 Å². The second-order valence-corrected chi connectivity index (χ2v) is 8.20. The zero-order valence-electron chi connectivity index (χ0n) is 18.3. The number of benzene rings is 2. The number of hydrogen-bond acceptors (Lipinski definition) is 4. The second kappa shape index (κ2) is 12.6. The second-order valence-electron chi connectivity index (χ2n) is 7.69. The van der Waals surface area contributed by atoms with Gasteiger partial charge in [-0.25, -0.2) is 9.40 Å². The predicted molar refractivity (Wildman–Crippen MR) is 128 cm³/mol. The van der Waals surface area contributed by atoms with E-state index in [4.69, 9.17) is 4.74 Å². The van der Waals surface area contributed by atoms with E-state index in [0.29, 0.717) is 17.0 Å². The Labute approximate surface area is 186 Å². The van der Waals surface area contributed by atoms with Crippen molar-refractivity contribution in [2.75, 3.05) is 18.2 Å². The minimum Gasteiger partial charge on any atom is -0.381 e. The van der Waals surface area contributed by atoms with Gasteiger partial charge in [-0.05, 0) is 55.9 Å². The molecular formula is C25H33FN2OS. The van der Waals surface area contributed by atoms with Crippen molar-refractivity contribution in [3.63, 3.8) is 0 Å². The van der Waals surface area contributed by atoms with Crippen molar-refractivity contribution >= 4 is 24.0 Å². The number of anilines is 1. The number of halogens is 1. The largest absolute Gasteiger partial charge is 0.381 e. The van der Waals surface area contributed by atoms with Crippen LogP contribution in [0.3, 0.4) is 0 Å². The van der Waals surface area contributed by atoms with Gasteiger partial charge in [0.15, 0.2) is 0 Å². The molecule has 162 valence electrons. The Morgan fingerprint density at radius 1 is 1.27 bits per heavy atom. The van der Waals surface area contributed by atoms with Gasteiger partial charge in [-0.15, -0.1) is 12.6 Å². The molecule has 1 atom stereocenters. The van der Waals surface area contributed by atoms with Crippen LogP contribution in [-0.2, 0) is 11.2 Å². The summed E-state index contributed by atoms with van der Waals surface area (Å²) in [5.41, 5.74) is 3.12. The van der Waals surface area contributed by atoms with Gasteiger partial charge in [0, 0.05) is 35.9 Å². The number of hydrazone groups is 1. The maximum Gasteiger partial charge on any atom is 0.149 e. The Morgan fingerprint density at radius 2 is 2.00 bits per heavy atom. The highest BCUT2D eigenvalue weighted by molar-refractivity contribution is 7.80. The molecule has 5 heteroatoms. The fourth-order valence-electron chi connectivity index (χ4n) is 3.01. The van der Waals surface area contributed by atoms with Crippen LogP contribution in [0, 0.1) is 11.7 Å². The topological polar surface area (TPSA) is 24.8 Å². The van der Waals surface area contributed by atoms with E-state index in [9.17, 15) is 4.39 Å². The minimum atomic E-state index is -0.362. The summed E-state index contributed by atoms with van der Waals surface area (Å²) in [7, 11) is 0. The van der Waals surface area contributed by atoms with Crippen LogP contribution in [0.25, 0.3) is 0 Å². The van der Waals surface area contributed by atoms with Gasteiger partial charge in [-0.2, -0.15) is 5.10 Å². The molecular weight excluding hydrogens is 395 g/mol. The molecule has 1 heterocycles. The van der Waals surface area contributed by atoms with Crippen LogP contribution >= 0.6 is 12.6 Å². The molecule has 0 spiro atoms. The van der Waals surface area contributed by atoms with Gasteiger partial charge >= 0.3 is 0 Å². The lowest BCUT2D eigenvalue weighted by molar-refractivity contribution is 0.0616. The number of nitrogens with zero attached hydrogens (tertiary/aromatic N) is 2. The predicted octanol–water partition coefficient (Wildman–Crippen LogP) is 6.90. The molecule has 0 saturated carbocycles. The van der Waals surface area contributed by atoms with E-state index in [1.165, 1.54) is 18.9 Å². The molecule has 1 aliphatic rings. The van der Waals surface area contributed by atoms with Crippen molar-refractivity contribution < 1.29 is 9.13 Å². The summed E-state index contributed by atoms with van der Waals surface area (Å²) in [6, 6.07) is 14.8. The molecule has 1 saturated heterocycles. The van der Waals surface area contributed by atoms with Crippen molar-refractivity contribution in [1.29, 1.82) is 0 Å². The van der Waals surface area contributed by atoms with Crippen molar-refractivity contribution in [2.24, 2.45) is 11.0 Å². The Hall–Kier alpha value is -2.11. The normalized spacial score (nSPS) is 16.4. The minimum absolute atomic E-state index is 0.362. The summed E-state index contributed by atoms with van der Waals surface area (Å²) in [6.07, 6.45) is 4.02. The van der Waals surface area contributed by atoms with Gasteiger partial charge in [-0.3, -0.25) is 0 Å². The SMILES string of the molecule is C=C(Cc1ccccc1)N(/N=C(\C)CC)c1ccc(S)cc1F.CC1CCCOC1. The summed E-state index contributed by atoms with van der Waals surface area (Å²) < 4.78 is 19.5. The average Bonchev–Trinajstić information content (AvgIpc) is 2.74. The van der Waals surface area contributed by atoms with Crippen molar-refractivity contribution in [2.45, 2.75) is 51.3 Å². The molecule has 2 aromatic carbocycles. The first-order valence-corrected chi connectivity index (χ1v) is 11.0. The van der Waals surface area contributed by atoms with E-state index in [0.717, 1.165) is 42.5 Å². The van der Waals surface area contributed by atoms with Gasteiger partial charge in [0.1, 0.15) is 11.5 Å². The van der Waals surface area contributed by atoms with E-state index < -0.39 is 0 Å². The van der Waals surface area contributed by atoms with Crippen molar-refractivity contribution in [1.82, 2.24) is 0 Å². The standard InChI is InChI=1S/C19H21FN2S.C6H12O/c1-4-14(2)21-22(19-11-10-17(23)13-18(19)20)15(3)12-16-8-6-5-7-9-16;1-6-3-2-4-7-5-6/h5-11,13,23H,3-4,12H2,1-2H3;6H,2-5H2,1H3/b21-14+;. The highest BCUT2D eigenvalue weighted by Crippen LogP contribution is 2.27. The maximum atomic E-state index is 14.4. The first-order chi connectivity index (χ1) is 14.4. The molecule has 1 fully saturated rings. The average molecular weight is 429 g/mol. The molecule has 30 heavy (non-hydrogen) atoms. The van der Waals surface area contributed by atoms with Crippen LogP contribution in [0.15, 0.2) is 70.8 Å². The Balaban J connectivity index is 0.000000386. The number of rotatable bonds is 6. The Kier molecular flexibility index (Phi) is 10.1. The smallest absolute Gasteiger partial charge is 0.149 e. The third-order valence-electron chi connectivity index (χ3n) is 4.88. The lowest BCUT2D eigenvalue weighted by Crippen LogP contribution is -2.19. The van der Waals surface area contributed by atoms with E-state index in [1.54, 1.807) is 17.1 Å². The summed E-state index contributed by atoms with van der Waals surface area (Å²) in [5, 5.41) is 6.13. The molecule has 0 aromatic heterocycles. The summed E-state index contributed by atoms with van der Waals surface area (Å²) in [4.78, 5) is 0.580. The molecule has 1 unspecified atom stereocenters. The monoisotopic (exact) mass is 428 g/mol. The van der Waals surface area contributed by atoms with Crippen LogP contribution < -0.4 is 5.01 Å². The van der Waals surface area contributed by atoms with E-state index in [1.807, 2.05) is 44.2 Å². The van der Waals surface area contributed by atoms with E-state index in [-0.39, 0.29) is 5.82 Å². The van der Waals surface area contributed by atoms with Crippen LogP contribution in [0.1, 0.15) is 45.6 Å². The third-order valence-corrected chi connectivity index (χ3v) is 5.16. The molecule has 0 radical (unpaired) electrons. The van der Waals surface area contributed by atoms with E-state index in [2.05, 4.69) is 31.2 Å². The number of hydrogen-bond donors (Lipinski definition) is 1. The summed E-state index contributed by atoms with van der Waals surface area (Å²) in [6.45, 7) is 12.3. The quantitative estimate of drug-likeness (QED) is 0.308. The summed E-state index contributed by atoms with van der Waals surface area (Å²) >= 11 is 4.17. The first-order valence-electron chi connectivity index (χ1n) is 10.5. The molecule has 3 nitrogen and oxygen atoms in total. The lowest BCUT2D eigenvalue weighted by atomic mass is 10.1. The van der Waals surface area contributed by atoms with Gasteiger partial charge in [0.05, 0.1) is 0 Å². The first kappa shape index (κ1) is 24.2. The molecule has 2 aromatic rings. The van der Waals surface area contributed by atoms with Crippen LogP contribution in [-0.4, -0.2) is 18.9 Å². The number of ether oxygens (including phenoxy) is 1. The lowest BCUT2D eigenvalue weighted by Gasteiger charge is -2.23. The number of thiol groups is 1. The summed E-state index contributed by atoms with van der Waals surface area (Å²) in [5.74, 6) is 0.452. The van der Waals surface area contributed by atoms with Gasteiger partial charge in [-0.1, -0.05) is 50.8 Å². The molecule has 3 rings (SSSR count). The fourth-order valence-corrected chi connectivity index (χ4v) is 3.20. The van der Waals surface area contributed by atoms with Gasteiger partial charge in [0.25, 0.3) is 0 Å². The zero-order chi connectivity index (χ0) is 21.9. The fraction of sp³-hybridized carbons (Fsp3) is 0.400. The molecule has 0 N–H and O–H groups in total. The van der Waals surface area contributed by atoms with E-state index >= 15 is 0 Å². The highest BCUT2D eigenvalue weighted by Gasteiger charge is 2.15. The van der Waals surface area contributed by atoms with Gasteiger partial charge in [0.2, 0.25) is 0 Å². The molecule has 0 aliphatic carbocycles. The molecule has 1 aliphatic heterocycles. The van der Waals surface area contributed by atoms with Crippen molar-refractivity contribution in [3.8, 4) is 0 Å². The third kappa shape index (κ3) is 7.96. The van der Waals surface area contributed by atoms with Crippen molar-refractivity contribution in [3.05, 3.63) is 72.2 Å². The Bertz CT molecular complexity index is 832. The highest BCUT2D eigenvalue weighted by atomic mass is 32.1.